The zero-order chi connectivity index (χ0) is 12.8. The van der Waals surface area contributed by atoms with Crippen LogP contribution >= 0.6 is 34.7 Å². The number of carbonyl (C=O) groups excluding carboxylic acids is 1. The SMILES string of the molecule is O=C(Cc1nc(CCl)cs1)NCC1CCSCC1. The van der Waals surface area contributed by atoms with Gasteiger partial charge in [0.25, 0.3) is 0 Å². The van der Waals surface area contributed by atoms with Crippen LogP contribution in [0.25, 0.3) is 0 Å². The molecule has 1 fully saturated rings. The number of alkyl halides is 1. The molecule has 0 saturated carbocycles. The summed E-state index contributed by atoms with van der Waals surface area (Å²) in [6.45, 7) is 0.813. The molecule has 1 aromatic rings. The van der Waals surface area contributed by atoms with Crippen molar-refractivity contribution >= 4 is 40.6 Å². The molecule has 2 heterocycles. The van der Waals surface area contributed by atoms with Crippen LogP contribution in [0.1, 0.15) is 23.5 Å². The summed E-state index contributed by atoms with van der Waals surface area (Å²) in [5, 5.41) is 5.77. The first-order chi connectivity index (χ1) is 8.78. The highest BCUT2D eigenvalue weighted by molar-refractivity contribution is 7.99. The van der Waals surface area contributed by atoms with E-state index >= 15 is 0 Å². The molecule has 0 unspecified atom stereocenters. The number of nitrogens with one attached hydrogen (secondary N) is 1. The number of aromatic nitrogens is 1. The van der Waals surface area contributed by atoms with Crippen molar-refractivity contribution in [3.05, 3.63) is 16.1 Å². The summed E-state index contributed by atoms with van der Waals surface area (Å²) in [6, 6.07) is 0. The van der Waals surface area contributed by atoms with Gasteiger partial charge in [0.05, 0.1) is 18.0 Å². The molecule has 6 heteroatoms. The van der Waals surface area contributed by atoms with Gasteiger partial charge in [-0.2, -0.15) is 11.8 Å². The first-order valence-electron chi connectivity index (χ1n) is 6.11. The van der Waals surface area contributed by atoms with Crippen molar-refractivity contribution in [3.8, 4) is 0 Å². The number of carbonyl (C=O) groups is 1. The highest BCUT2D eigenvalue weighted by Gasteiger charge is 2.15. The van der Waals surface area contributed by atoms with Crippen LogP contribution in [0, 0.1) is 5.92 Å². The van der Waals surface area contributed by atoms with Crippen molar-refractivity contribution in [2.24, 2.45) is 5.92 Å². The minimum Gasteiger partial charge on any atom is -0.355 e. The van der Waals surface area contributed by atoms with Crippen LogP contribution in [-0.4, -0.2) is 28.9 Å². The lowest BCUT2D eigenvalue weighted by molar-refractivity contribution is -0.120. The van der Waals surface area contributed by atoms with Crippen LogP contribution in [0.5, 0.6) is 0 Å². The van der Waals surface area contributed by atoms with Crippen molar-refractivity contribution in [2.45, 2.75) is 25.1 Å². The van der Waals surface area contributed by atoms with Gasteiger partial charge in [0.2, 0.25) is 5.91 Å². The molecule has 0 spiro atoms. The normalized spacial score (nSPS) is 16.7. The number of nitrogens with zero attached hydrogens (tertiary/aromatic N) is 1. The largest absolute Gasteiger partial charge is 0.355 e. The third-order valence-electron chi connectivity index (χ3n) is 2.98. The molecule has 2 rings (SSSR count). The predicted molar refractivity (Wildman–Crippen MR) is 78.4 cm³/mol. The van der Waals surface area contributed by atoms with Gasteiger partial charge < -0.3 is 5.32 Å². The lowest BCUT2D eigenvalue weighted by Crippen LogP contribution is -2.31. The number of hydrogen-bond donors (Lipinski definition) is 1. The molecule has 1 saturated heterocycles. The van der Waals surface area contributed by atoms with Gasteiger partial charge in [-0.25, -0.2) is 4.98 Å². The van der Waals surface area contributed by atoms with Gasteiger partial charge in [0.15, 0.2) is 0 Å². The van der Waals surface area contributed by atoms with E-state index in [0.29, 0.717) is 18.2 Å². The number of amides is 1. The minimum atomic E-state index is 0.0729. The summed E-state index contributed by atoms with van der Waals surface area (Å²) >= 11 is 9.19. The van der Waals surface area contributed by atoms with E-state index < -0.39 is 0 Å². The molecular formula is C12H17ClN2OS2. The molecule has 3 nitrogen and oxygen atoms in total. The average molecular weight is 305 g/mol. The van der Waals surface area contributed by atoms with Crippen LogP contribution < -0.4 is 5.32 Å². The zero-order valence-electron chi connectivity index (χ0n) is 10.2. The fraction of sp³-hybridized carbons (Fsp3) is 0.667. The van der Waals surface area contributed by atoms with E-state index in [4.69, 9.17) is 11.6 Å². The maximum atomic E-state index is 11.8. The van der Waals surface area contributed by atoms with Crippen molar-refractivity contribution in [3.63, 3.8) is 0 Å². The molecule has 0 aromatic carbocycles. The Labute approximate surface area is 121 Å². The monoisotopic (exact) mass is 304 g/mol. The Balaban J connectivity index is 1.71. The first kappa shape index (κ1) is 14.2. The summed E-state index contributed by atoms with van der Waals surface area (Å²) < 4.78 is 0. The average Bonchev–Trinajstić information content (AvgIpc) is 2.85. The third-order valence-corrected chi connectivity index (χ3v) is 5.20. The molecule has 1 aliphatic heterocycles. The lowest BCUT2D eigenvalue weighted by atomic mass is 10.0. The van der Waals surface area contributed by atoms with Gasteiger partial charge in [-0.05, 0) is 30.3 Å². The summed E-state index contributed by atoms with van der Waals surface area (Å²) in [7, 11) is 0. The van der Waals surface area contributed by atoms with Gasteiger partial charge in [-0.15, -0.1) is 22.9 Å². The van der Waals surface area contributed by atoms with E-state index in [9.17, 15) is 4.79 Å². The molecule has 1 amide bonds. The van der Waals surface area contributed by atoms with Crippen LogP contribution in [-0.2, 0) is 17.1 Å². The van der Waals surface area contributed by atoms with E-state index in [1.807, 2.05) is 17.1 Å². The van der Waals surface area contributed by atoms with Gasteiger partial charge in [0.1, 0.15) is 5.01 Å². The fourth-order valence-corrected chi connectivity index (χ4v) is 4.13. The lowest BCUT2D eigenvalue weighted by Gasteiger charge is -2.21. The fourth-order valence-electron chi connectivity index (χ4n) is 1.90. The van der Waals surface area contributed by atoms with Crippen LogP contribution in [0.2, 0.25) is 0 Å². The smallest absolute Gasteiger partial charge is 0.226 e. The molecule has 18 heavy (non-hydrogen) atoms. The molecule has 0 atom stereocenters. The van der Waals surface area contributed by atoms with E-state index in [-0.39, 0.29) is 5.91 Å². The number of thioether (sulfide) groups is 1. The summed E-state index contributed by atoms with van der Waals surface area (Å²) in [5.41, 5.74) is 0.855. The molecule has 1 aliphatic rings. The first-order valence-corrected chi connectivity index (χ1v) is 8.68. The molecule has 0 radical (unpaired) electrons. The summed E-state index contributed by atoms with van der Waals surface area (Å²) in [6.07, 6.45) is 2.82. The number of hydrogen-bond acceptors (Lipinski definition) is 4. The Morgan fingerprint density at radius 1 is 1.50 bits per heavy atom. The summed E-state index contributed by atoms with van der Waals surface area (Å²) in [5.74, 6) is 3.60. The van der Waals surface area contributed by atoms with E-state index in [1.165, 1.54) is 35.7 Å². The number of thiazole rings is 1. The Morgan fingerprint density at radius 2 is 2.28 bits per heavy atom. The predicted octanol–water partition coefficient (Wildman–Crippen LogP) is 2.68. The Bertz CT molecular complexity index is 391. The van der Waals surface area contributed by atoms with Crippen molar-refractivity contribution < 1.29 is 4.79 Å². The second-order valence-electron chi connectivity index (χ2n) is 4.40. The highest BCUT2D eigenvalue weighted by atomic mass is 35.5. The third kappa shape index (κ3) is 4.44. The Morgan fingerprint density at radius 3 is 2.94 bits per heavy atom. The number of rotatable bonds is 5. The maximum absolute atomic E-state index is 11.8. The molecule has 1 N–H and O–H groups in total. The van der Waals surface area contributed by atoms with Gasteiger partial charge in [-0.3, -0.25) is 4.79 Å². The van der Waals surface area contributed by atoms with Gasteiger partial charge in [0, 0.05) is 11.9 Å². The second kappa shape index (κ2) is 7.36. The van der Waals surface area contributed by atoms with E-state index in [0.717, 1.165) is 17.2 Å². The zero-order valence-corrected chi connectivity index (χ0v) is 12.5. The van der Waals surface area contributed by atoms with Crippen LogP contribution in [0.4, 0.5) is 0 Å². The van der Waals surface area contributed by atoms with Crippen molar-refractivity contribution in [2.75, 3.05) is 18.1 Å². The minimum absolute atomic E-state index is 0.0729. The quantitative estimate of drug-likeness (QED) is 0.851. The van der Waals surface area contributed by atoms with Crippen molar-refractivity contribution in [1.29, 1.82) is 0 Å². The molecule has 1 aromatic heterocycles. The summed E-state index contributed by atoms with van der Waals surface area (Å²) in [4.78, 5) is 16.1. The van der Waals surface area contributed by atoms with E-state index in [2.05, 4.69) is 10.3 Å². The van der Waals surface area contributed by atoms with Crippen LogP contribution in [0.15, 0.2) is 5.38 Å². The van der Waals surface area contributed by atoms with Gasteiger partial charge >= 0.3 is 0 Å². The standard InChI is InChI=1S/C12H17ClN2OS2/c13-6-10-8-18-12(15-10)5-11(16)14-7-9-1-3-17-4-2-9/h8-9H,1-7H2,(H,14,16). The maximum Gasteiger partial charge on any atom is 0.226 e. The molecule has 100 valence electrons. The topological polar surface area (TPSA) is 42.0 Å². The molecule has 0 aliphatic carbocycles. The molecular weight excluding hydrogens is 288 g/mol. The van der Waals surface area contributed by atoms with Crippen LogP contribution in [0.3, 0.4) is 0 Å². The highest BCUT2D eigenvalue weighted by Crippen LogP contribution is 2.21. The second-order valence-corrected chi connectivity index (χ2v) is 6.84. The van der Waals surface area contributed by atoms with E-state index in [1.54, 1.807) is 0 Å². The molecule has 0 bridgehead atoms. The number of halogens is 1. The van der Waals surface area contributed by atoms with Crippen molar-refractivity contribution in [1.82, 2.24) is 10.3 Å². The Kier molecular flexibility index (Phi) is 5.79. The Hall–Kier alpha value is -0.260. The van der Waals surface area contributed by atoms with Gasteiger partial charge in [-0.1, -0.05) is 0 Å².